The van der Waals surface area contributed by atoms with Crippen LogP contribution in [0.3, 0.4) is 0 Å². The minimum atomic E-state index is 0.400. The van der Waals surface area contributed by atoms with Crippen molar-refractivity contribution in [2.75, 3.05) is 19.6 Å². The zero-order valence-electron chi connectivity index (χ0n) is 10.3. The second-order valence-electron chi connectivity index (χ2n) is 3.38. The van der Waals surface area contributed by atoms with Gasteiger partial charge in [0.15, 0.2) is 0 Å². The molecule has 0 aliphatic carbocycles. The minimum Gasteiger partial charge on any atom is -0.300 e. The summed E-state index contributed by atoms with van der Waals surface area (Å²) in [5.74, 6) is 0.400. The summed E-state index contributed by atoms with van der Waals surface area (Å²) in [7, 11) is 0. The van der Waals surface area contributed by atoms with E-state index < -0.39 is 0 Å². The molecular formula is C13H23NO. The predicted molar refractivity (Wildman–Crippen MR) is 66.0 cm³/mol. The van der Waals surface area contributed by atoms with Crippen molar-refractivity contribution in [2.45, 2.75) is 33.6 Å². The molecule has 0 unspecified atom stereocenters. The van der Waals surface area contributed by atoms with E-state index in [9.17, 15) is 4.79 Å². The van der Waals surface area contributed by atoms with Gasteiger partial charge in [-0.1, -0.05) is 32.6 Å². The molecule has 86 valence electrons. The quantitative estimate of drug-likeness (QED) is 0.666. The lowest BCUT2D eigenvalue weighted by atomic mass is 10.1. The first kappa shape index (κ1) is 14.1. The molecule has 2 nitrogen and oxygen atoms in total. The van der Waals surface area contributed by atoms with Crippen LogP contribution in [0.1, 0.15) is 33.6 Å². The molecule has 1 rings (SSSR count). The summed E-state index contributed by atoms with van der Waals surface area (Å²) >= 11 is 0. The highest BCUT2D eigenvalue weighted by atomic mass is 16.1. The average molecular weight is 209 g/mol. The van der Waals surface area contributed by atoms with Gasteiger partial charge in [0.1, 0.15) is 5.78 Å². The van der Waals surface area contributed by atoms with Gasteiger partial charge in [0.25, 0.3) is 0 Å². The highest BCUT2D eigenvalue weighted by Crippen LogP contribution is 2.08. The van der Waals surface area contributed by atoms with Crippen LogP contribution in [-0.2, 0) is 4.79 Å². The standard InChI is InChI=1S/C11H17NO.C2H6/c1-3-10(4-2)9-12-7-5-11(13)6-8-12;1-2/h3-4H,1,5-9H2,2H3;1-2H3/b10-4+;. The Bertz CT molecular complexity index is 221. The number of rotatable bonds is 3. The molecule has 0 aromatic rings. The number of hydrogen-bond donors (Lipinski definition) is 0. The number of allylic oxidation sites excluding steroid dienone is 1. The molecule has 0 atom stereocenters. The summed E-state index contributed by atoms with van der Waals surface area (Å²) < 4.78 is 0. The van der Waals surface area contributed by atoms with Crippen molar-refractivity contribution in [3.8, 4) is 0 Å². The van der Waals surface area contributed by atoms with Crippen molar-refractivity contribution in [3.05, 3.63) is 24.3 Å². The van der Waals surface area contributed by atoms with Crippen LogP contribution in [0.4, 0.5) is 0 Å². The van der Waals surface area contributed by atoms with Crippen molar-refractivity contribution in [2.24, 2.45) is 0 Å². The lowest BCUT2D eigenvalue weighted by Crippen LogP contribution is -2.34. The Morgan fingerprint density at radius 3 is 2.33 bits per heavy atom. The van der Waals surface area contributed by atoms with Gasteiger partial charge < -0.3 is 0 Å². The maximum Gasteiger partial charge on any atom is 0.135 e. The summed E-state index contributed by atoms with van der Waals surface area (Å²) in [6, 6.07) is 0. The molecule has 0 spiro atoms. The van der Waals surface area contributed by atoms with Crippen LogP contribution in [0.5, 0.6) is 0 Å². The van der Waals surface area contributed by atoms with E-state index in [0.29, 0.717) is 18.6 Å². The Balaban J connectivity index is 0.000000921. The van der Waals surface area contributed by atoms with E-state index in [1.54, 1.807) is 0 Å². The Morgan fingerprint density at radius 1 is 1.40 bits per heavy atom. The molecule has 0 bridgehead atoms. The molecule has 0 amide bonds. The second-order valence-corrected chi connectivity index (χ2v) is 3.38. The number of carbonyl (C=O) groups is 1. The molecule has 1 aliphatic heterocycles. The van der Waals surface area contributed by atoms with Gasteiger partial charge in [0.2, 0.25) is 0 Å². The lowest BCUT2D eigenvalue weighted by molar-refractivity contribution is -0.121. The number of piperidine rings is 1. The zero-order chi connectivity index (χ0) is 11.7. The zero-order valence-corrected chi connectivity index (χ0v) is 10.3. The van der Waals surface area contributed by atoms with Gasteiger partial charge >= 0.3 is 0 Å². The fourth-order valence-electron chi connectivity index (χ4n) is 1.49. The van der Waals surface area contributed by atoms with Gasteiger partial charge in [-0.3, -0.25) is 9.69 Å². The Kier molecular flexibility index (Phi) is 7.92. The van der Waals surface area contributed by atoms with E-state index >= 15 is 0 Å². The SMILES string of the molecule is C=C/C(=C\C)CN1CCC(=O)CC1.CC. The first-order chi connectivity index (χ1) is 7.26. The van der Waals surface area contributed by atoms with Gasteiger partial charge in [-0.05, 0) is 12.5 Å². The van der Waals surface area contributed by atoms with Crippen molar-refractivity contribution >= 4 is 5.78 Å². The van der Waals surface area contributed by atoms with E-state index in [0.717, 1.165) is 19.6 Å². The summed E-state index contributed by atoms with van der Waals surface area (Å²) in [6.45, 7) is 12.5. The predicted octanol–water partition coefficient (Wildman–Crippen LogP) is 2.81. The lowest BCUT2D eigenvalue weighted by Gasteiger charge is -2.25. The van der Waals surface area contributed by atoms with E-state index in [-0.39, 0.29) is 0 Å². The van der Waals surface area contributed by atoms with Gasteiger partial charge in [0, 0.05) is 32.5 Å². The van der Waals surface area contributed by atoms with Crippen molar-refractivity contribution in [3.63, 3.8) is 0 Å². The summed E-state index contributed by atoms with van der Waals surface area (Å²) in [6.07, 6.45) is 5.39. The number of nitrogens with zero attached hydrogens (tertiary/aromatic N) is 1. The van der Waals surface area contributed by atoms with E-state index in [1.165, 1.54) is 5.57 Å². The minimum absolute atomic E-state index is 0.400. The normalized spacial score (nSPS) is 18.1. The van der Waals surface area contributed by atoms with Gasteiger partial charge in [-0.2, -0.15) is 0 Å². The van der Waals surface area contributed by atoms with Crippen LogP contribution < -0.4 is 0 Å². The van der Waals surface area contributed by atoms with Crippen LogP contribution >= 0.6 is 0 Å². The highest BCUT2D eigenvalue weighted by molar-refractivity contribution is 5.79. The molecule has 0 N–H and O–H groups in total. The largest absolute Gasteiger partial charge is 0.300 e. The summed E-state index contributed by atoms with van der Waals surface area (Å²) in [5, 5.41) is 0. The molecule has 1 fully saturated rings. The van der Waals surface area contributed by atoms with Gasteiger partial charge in [-0.15, -0.1) is 0 Å². The molecule has 15 heavy (non-hydrogen) atoms. The molecule has 1 heterocycles. The summed E-state index contributed by atoms with van der Waals surface area (Å²) in [4.78, 5) is 13.3. The molecule has 1 aliphatic rings. The van der Waals surface area contributed by atoms with E-state index in [4.69, 9.17) is 0 Å². The number of ketones is 1. The second kappa shape index (κ2) is 8.42. The molecular weight excluding hydrogens is 186 g/mol. The third-order valence-corrected chi connectivity index (χ3v) is 2.45. The third kappa shape index (κ3) is 5.53. The molecule has 0 saturated carbocycles. The third-order valence-electron chi connectivity index (χ3n) is 2.45. The molecule has 0 radical (unpaired) electrons. The first-order valence-corrected chi connectivity index (χ1v) is 5.78. The monoisotopic (exact) mass is 209 g/mol. The van der Waals surface area contributed by atoms with E-state index in [2.05, 4.69) is 17.6 Å². The Hall–Kier alpha value is -0.890. The molecule has 0 aromatic heterocycles. The number of hydrogen-bond acceptors (Lipinski definition) is 2. The van der Waals surface area contributed by atoms with Crippen molar-refractivity contribution < 1.29 is 4.79 Å². The molecule has 1 saturated heterocycles. The number of carbonyl (C=O) groups excluding carboxylic acids is 1. The smallest absolute Gasteiger partial charge is 0.135 e. The van der Waals surface area contributed by atoms with Gasteiger partial charge in [0.05, 0.1) is 0 Å². The van der Waals surface area contributed by atoms with Crippen LogP contribution in [0.2, 0.25) is 0 Å². The highest BCUT2D eigenvalue weighted by Gasteiger charge is 2.15. The van der Waals surface area contributed by atoms with Crippen molar-refractivity contribution in [1.29, 1.82) is 0 Å². The number of likely N-dealkylation sites (tertiary alicyclic amines) is 1. The fourth-order valence-corrected chi connectivity index (χ4v) is 1.49. The molecule has 2 heteroatoms. The van der Waals surface area contributed by atoms with Crippen LogP contribution in [-0.4, -0.2) is 30.3 Å². The Morgan fingerprint density at radius 2 is 1.93 bits per heavy atom. The average Bonchev–Trinajstić information content (AvgIpc) is 2.31. The maximum atomic E-state index is 11.0. The topological polar surface area (TPSA) is 20.3 Å². The van der Waals surface area contributed by atoms with Crippen LogP contribution in [0.25, 0.3) is 0 Å². The Labute approximate surface area is 93.7 Å². The summed E-state index contributed by atoms with van der Waals surface area (Å²) in [5.41, 5.74) is 1.24. The van der Waals surface area contributed by atoms with Crippen LogP contribution in [0.15, 0.2) is 24.3 Å². The van der Waals surface area contributed by atoms with Crippen molar-refractivity contribution in [1.82, 2.24) is 4.90 Å². The van der Waals surface area contributed by atoms with E-state index in [1.807, 2.05) is 26.8 Å². The molecule has 0 aromatic carbocycles. The first-order valence-electron chi connectivity index (χ1n) is 5.78. The van der Waals surface area contributed by atoms with Crippen LogP contribution in [0, 0.1) is 0 Å². The number of Topliss-reactive ketones (excluding diaryl/α,β-unsaturated/α-hetero) is 1. The maximum absolute atomic E-state index is 11.0. The fraction of sp³-hybridized carbons (Fsp3) is 0.615. The van der Waals surface area contributed by atoms with Gasteiger partial charge in [-0.25, -0.2) is 0 Å².